The molecule has 0 bridgehead atoms. The highest BCUT2D eigenvalue weighted by Crippen LogP contribution is 2.29. The Balaban J connectivity index is 1.46. The molecule has 0 aliphatic heterocycles. The van der Waals surface area contributed by atoms with E-state index in [0.29, 0.717) is 16.9 Å². The van der Waals surface area contributed by atoms with Crippen LogP contribution in [0.5, 0.6) is 5.75 Å². The van der Waals surface area contributed by atoms with Crippen molar-refractivity contribution in [2.24, 2.45) is 0 Å². The minimum absolute atomic E-state index is 0.131. The number of nitrogens with one attached hydrogen (secondary N) is 2. The molecule has 4 rings (SSSR count). The van der Waals surface area contributed by atoms with Crippen molar-refractivity contribution < 1.29 is 23.8 Å². The van der Waals surface area contributed by atoms with Gasteiger partial charge in [0.05, 0.1) is 0 Å². The molecule has 0 radical (unpaired) electrons. The second-order valence-electron chi connectivity index (χ2n) is 8.57. The molecule has 182 valence electrons. The summed E-state index contributed by atoms with van der Waals surface area (Å²) in [5, 5.41) is 13.9. The van der Waals surface area contributed by atoms with E-state index < -0.39 is 23.5 Å². The molecule has 8 nitrogen and oxygen atoms in total. The van der Waals surface area contributed by atoms with Crippen LogP contribution in [0.4, 0.5) is 0 Å². The largest absolute Gasteiger partial charge is 0.483 e. The Bertz CT molecular complexity index is 1430. The van der Waals surface area contributed by atoms with Gasteiger partial charge in [-0.15, -0.1) is 0 Å². The van der Waals surface area contributed by atoms with Gasteiger partial charge in [-0.2, -0.15) is 0 Å². The van der Waals surface area contributed by atoms with Crippen LogP contribution in [-0.4, -0.2) is 34.6 Å². The Morgan fingerprint density at radius 3 is 2.71 bits per heavy atom. The average molecular weight is 477 g/mol. The molecule has 2 heterocycles. The van der Waals surface area contributed by atoms with Gasteiger partial charge >= 0.3 is 11.6 Å². The van der Waals surface area contributed by atoms with Gasteiger partial charge in [0.25, 0.3) is 5.91 Å². The summed E-state index contributed by atoms with van der Waals surface area (Å²) in [4.78, 5) is 39.5. The molecule has 0 saturated carbocycles. The molecule has 0 spiro atoms. The molecule has 0 fully saturated rings. The third-order valence-corrected chi connectivity index (χ3v) is 6.09. The molecule has 2 aromatic heterocycles. The monoisotopic (exact) mass is 476 g/mol. The fourth-order valence-corrected chi connectivity index (χ4v) is 4.24. The predicted octanol–water partition coefficient (Wildman–Crippen LogP) is 4.12. The minimum Gasteiger partial charge on any atom is -0.483 e. The predicted molar refractivity (Wildman–Crippen MR) is 133 cm³/mol. The van der Waals surface area contributed by atoms with Gasteiger partial charge in [-0.3, -0.25) is 4.79 Å². The number of aromatic nitrogens is 1. The van der Waals surface area contributed by atoms with Crippen LogP contribution < -0.4 is 15.7 Å². The normalized spacial score (nSPS) is 12.1. The summed E-state index contributed by atoms with van der Waals surface area (Å²) < 4.78 is 11.1. The minimum atomic E-state index is -1.13. The zero-order chi connectivity index (χ0) is 24.9. The molecule has 1 atom stereocenters. The second kappa shape index (κ2) is 10.5. The van der Waals surface area contributed by atoms with Gasteiger partial charge in [0.1, 0.15) is 17.4 Å². The van der Waals surface area contributed by atoms with Gasteiger partial charge in [0.2, 0.25) is 0 Å². The first kappa shape index (κ1) is 24.1. The van der Waals surface area contributed by atoms with Crippen LogP contribution in [0.25, 0.3) is 21.9 Å². The molecule has 3 N–H and O–H groups in total. The van der Waals surface area contributed by atoms with Crippen LogP contribution in [0.1, 0.15) is 36.5 Å². The van der Waals surface area contributed by atoms with Gasteiger partial charge in [-0.05, 0) is 49.1 Å². The van der Waals surface area contributed by atoms with Crippen LogP contribution in [-0.2, 0) is 22.4 Å². The van der Waals surface area contributed by atoms with Gasteiger partial charge in [0, 0.05) is 40.5 Å². The van der Waals surface area contributed by atoms with Crippen LogP contribution in [0.2, 0.25) is 0 Å². The van der Waals surface area contributed by atoms with Crippen molar-refractivity contribution in [3.8, 4) is 5.75 Å². The lowest BCUT2D eigenvalue weighted by Crippen LogP contribution is -2.44. The quantitative estimate of drug-likeness (QED) is 0.296. The highest BCUT2D eigenvalue weighted by molar-refractivity contribution is 5.88. The van der Waals surface area contributed by atoms with Gasteiger partial charge in [-0.1, -0.05) is 31.5 Å². The first-order valence-corrected chi connectivity index (χ1v) is 11.6. The molecule has 2 aromatic carbocycles. The fraction of sp³-hybridized carbons (Fsp3) is 0.296. The molecule has 8 heteroatoms. The van der Waals surface area contributed by atoms with Crippen molar-refractivity contribution >= 4 is 33.7 Å². The molecular formula is C27H28N2O6. The fourth-order valence-electron chi connectivity index (χ4n) is 4.24. The van der Waals surface area contributed by atoms with Gasteiger partial charge < -0.3 is 24.6 Å². The molecule has 0 aliphatic carbocycles. The summed E-state index contributed by atoms with van der Waals surface area (Å²) in [5.74, 6) is -1.30. The van der Waals surface area contributed by atoms with Crippen molar-refractivity contribution in [1.82, 2.24) is 10.3 Å². The van der Waals surface area contributed by atoms with Crippen LogP contribution in [0.15, 0.2) is 57.9 Å². The number of hydrogen-bond donors (Lipinski definition) is 3. The average Bonchev–Trinajstić information content (AvgIpc) is 3.25. The third-order valence-electron chi connectivity index (χ3n) is 6.09. The smallest absolute Gasteiger partial charge is 0.336 e. The number of unbranched alkanes of at least 4 members (excludes halogenated alkanes) is 1. The van der Waals surface area contributed by atoms with Crippen molar-refractivity contribution in [3.63, 3.8) is 0 Å². The van der Waals surface area contributed by atoms with Crippen molar-refractivity contribution in [1.29, 1.82) is 0 Å². The number of aliphatic carboxylic acids is 1. The topological polar surface area (TPSA) is 122 Å². The summed E-state index contributed by atoms with van der Waals surface area (Å²) >= 11 is 0. The van der Waals surface area contributed by atoms with Crippen LogP contribution >= 0.6 is 0 Å². The zero-order valence-electron chi connectivity index (χ0n) is 19.7. The number of benzene rings is 2. The maximum absolute atomic E-state index is 12.5. The molecule has 1 amide bonds. The van der Waals surface area contributed by atoms with E-state index in [1.54, 1.807) is 19.2 Å². The number of aryl methyl sites for hydroxylation is 2. The number of carboxylic acids is 1. The Hall–Kier alpha value is -4.07. The van der Waals surface area contributed by atoms with Crippen LogP contribution in [0, 0.1) is 6.92 Å². The van der Waals surface area contributed by atoms with E-state index in [9.17, 15) is 19.5 Å². The number of fused-ring (bicyclic) bond motifs is 2. The third kappa shape index (κ3) is 5.37. The number of carbonyl (C=O) groups excluding carboxylic acids is 1. The number of carbonyl (C=O) groups is 2. The summed E-state index contributed by atoms with van der Waals surface area (Å²) in [6.45, 7) is 3.48. The lowest BCUT2D eigenvalue weighted by Gasteiger charge is -2.16. The summed E-state index contributed by atoms with van der Waals surface area (Å²) in [5.41, 5.74) is 3.24. The number of carboxylic acid groups (broad SMARTS) is 1. The Labute approximate surface area is 201 Å². The highest BCUT2D eigenvalue weighted by Gasteiger charge is 2.22. The standard InChI is InChI=1S/C27H28N2O6/c1-3-4-7-17-13-25(31)35-26-16(2)23(11-10-20(17)26)34-15-24(30)29-22(27(32)33)12-18-14-28-21-9-6-5-8-19(18)21/h5-6,8-11,13-14,22,28H,3-4,7,12,15H2,1-2H3,(H,29,30)(H,32,33)/t22-/m0/s1. The lowest BCUT2D eigenvalue weighted by atomic mass is 10.0. The molecule has 0 unspecified atom stereocenters. The van der Waals surface area contributed by atoms with E-state index in [2.05, 4.69) is 17.2 Å². The number of para-hydroxylation sites is 1. The van der Waals surface area contributed by atoms with Crippen molar-refractivity contribution in [2.45, 2.75) is 45.6 Å². The van der Waals surface area contributed by atoms with Crippen molar-refractivity contribution in [2.75, 3.05) is 6.61 Å². The van der Waals surface area contributed by atoms with E-state index in [4.69, 9.17) is 9.15 Å². The Morgan fingerprint density at radius 2 is 1.94 bits per heavy atom. The molecule has 0 aliphatic rings. The van der Waals surface area contributed by atoms with E-state index in [-0.39, 0.29) is 13.0 Å². The Morgan fingerprint density at radius 1 is 1.14 bits per heavy atom. The number of rotatable bonds is 10. The Kier molecular flexibility index (Phi) is 7.19. The maximum Gasteiger partial charge on any atom is 0.336 e. The molecular weight excluding hydrogens is 448 g/mol. The molecule has 0 saturated heterocycles. The van der Waals surface area contributed by atoms with E-state index in [1.807, 2.05) is 30.3 Å². The van der Waals surface area contributed by atoms with Gasteiger partial charge in [0.15, 0.2) is 6.61 Å². The number of H-pyrrole nitrogens is 1. The van der Waals surface area contributed by atoms with Gasteiger partial charge in [-0.25, -0.2) is 9.59 Å². The number of amides is 1. The zero-order valence-corrected chi connectivity index (χ0v) is 19.7. The first-order valence-electron chi connectivity index (χ1n) is 11.6. The first-order chi connectivity index (χ1) is 16.9. The SMILES string of the molecule is CCCCc1cc(=O)oc2c(C)c(OCC(=O)N[C@@H](Cc3c[nH]c4ccccc34)C(=O)O)ccc12. The maximum atomic E-state index is 12.5. The summed E-state index contributed by atoms with van der Waals surface area (Å²) in [6, 6.07) is 11.5. The molecule has 35 heavy (non-hydrogen) atoms. The molecule has 4 aromatic rings. The summed E-state index contributed by atoms with van der Waals surface area (Å²) in [7, 11) is 0. The number of ether oxygens (including phenoxy) is 1. The second-order valence-corrected chi connectivity index (χ2v) is 8.57. The van der Waals surface area contributed by atoms with Crippen molar-refractivity contribution in [3.05, 3.63) is 75.8 Å². The highest BCUT2D eigenvalue weighted by atomic mass is 16.5. The number of aromatic amines is 1. The van der Waals surface area contributed by atoms with Crippen LogP contribution in [0.3, 0.4) is 0 Å². The number of hydrogen-bond acceptors (Lipinski definition) is 5. The lowest BCUT2D eigenvalue weighted by molar-refractivity contribution is -0.142. The van der Waals surface area contributed by atoms with E-state index in [1.165, 1.54) is 6.07 Å². The van der Waals surface area contributed by atoms with E-state index >= 15 is 0 Å². The summed E-state index contributed by atoms with van der Waals surface area (Å²) in [6.07, 6.45) is 4.62. The van der Waals surface area contributed by atoms with E-state index in [0.717, 1.165) is 46.7 Å².